The van der Waals surface area contributed by atoms with Crippen molar-refractivity contribution < 1.29 is 64.6 Å². The van der Waals surface area contributed by atoms with Crippen molar-refractivity contribution in [1.82, 2.24) is 5.32 Å². The highest BCUT2D eigenvalue weighted by Gasteiger charge is 2.51. The Kier molecular flexibility index (Phi) is 45.0. The van der Waals surface area contributed by atoms with Gasteiger partial charge in [-0.15, -0.1) is 0 Å². The Labute approximate surface area is 472 Å². The highest BCUT2D eigenvalue weighted by molar-refractivity contribution is 5.76. The molecule has 2 heterocycles. The summed E-state index contributed by atoms with van der Waals surface area (Å²) in [6.07, 6.45) is 48.2. The molecule has 2 aliphatic rings. The lowest BCUT2D eigenvalue weighted by Gasteiger charge is -2.46. The third-order valence-electron chi connectivity index (χ3n) is 14.9. The number of carbonyl (C=O) groups excluding carboxylic acids is 1. The Morgan fingerprint density at radius 1 is 0.474 bits per heavy atom. The minimum Gasteiger partial charge on any atom is -0.394 e. The number of ether oxygens (including phenoxy) is 4. The summed E-state index contributed by atoms with van der Waals surface area (Å²) in [6.45, 7) is 2.65. The molecule has 2 aliphatic heterocycles. The Morgan fingerprint density at radius 2 is 0.885 bits per heavy atom. The zero-order valence-electron chi connectivity index (χ0n) is 48.6. The molecule has 2 fully saturated rings. The second-order valence-electron chi connectivity index (χ2n) is 21.8. The topological polar surface area (TPSA) is 228 Å². The number of rotatable bonds is 49. The van der Waals surface area contributed by atoms with Crippen molar-refractivity contribution in [2.45, 2.75) is 306 Å². The Morgan fingerprint density at radius 3 is 1.35 bits per heavy atom. The maximum absolute atomic E-state index is 13.2. The Bertz CT molecular complexity index is 1580. The summed E-state index contributed by atoms with van der Waals surface area (Å²) < 4.78 is 22.8. The van der Waals surface area contributed by atoms with Crippen molar-refractivity contribution in [1.29, 1.82) is 0 Å². The summed E-state index contributed by atoms with van der Waals surface area (Å²) >= 11 is 0. The molecule has 12 unspecified atom stereocenters. The molecular weight excluding hydrogens is 991 g/mol. The molecule has 0 aromatic heterocycles. The van der Waals surface area contributed by atoms with Gasteiger partial charge in [0.25, 0.3) is 0 Å². The normalized spacial score (nSPS) is 25.1. The average Bonchev–Trinajstić information content (AvgIpc) is 3.48. The van der Waals surface area contributed by atoms with Crippen LogP contribution in [0.4, 0.5) is 0 Å². The lowest BCUT2D eigenvalue weighted by molar-refractivity contribution is -0.359. The fourth-order valence-corrected chi connectivity index (χ4v) is 9.92. The molecule has 12 atom stereocenters. The van der Waals surface area contributed by atoms with E-state index in [1.165, 1.54) is 148 Å². The number of allylic oxidation sites excluding steroid dienone is 11. The van der Waals surface area contributed by atoms with E-state index < -0.39 is 86.8 Å². The molecule has 0 aromatic rings. The molecule has 0 aromatic carbocycles. The average molecular weight is 1100 g/mol. The van der Waals surface area contributed by atoms with Gasteiger partial charge >= 0.3 is 0 Å². The minimum atomic E-state index is -1.80. The van der Waals surface area contributed by atoms with Crippen LogP contribution >= 0.6 is 0 Å². The van der Waals surface area contributed by atoms with E-state index in [0.717, 1.165) is 51.4 Å². The maximum Gasteiger partial charge on any atom is 0.220 e. The molecule has 0 bridgehead atoms. The van der Waals surface area contributed by atoms with Gasteiger partial charge in [0.2, 0.25) is 5.91 Å². The number of amides is 1. The molecule has 0 spiro atoms. The molecule has 1 amide bonds. The zero-order chi connectivity index (χ0) is 56.7. The van der Waals surface area contributed by atoms with Gasteiger partial charge in [-0.1, -0.05) is 241 Å². The van der Waals surface area contributed by atoms with E-state index in [0.29, 0.717) is 12.8 Å². The van der Waals surface area contributed by atoms with Gasteiger partial charge in [0.1, 0.15) is 48.8 Å². The van der Waals surface area contributed by atoms with Crippen LogP contribution in [0, 0.1) is 0 Å². The molecule has 14 nitrogen and oxygen atoms in total. The van der Waals surface area contributed by atoms with Gasteiger partial charge in [0, 0.05) is 6.42 Å². The van der Waals surface area contributed by atoms with Crippen LogP contribution in [0.25, 0.3) is 0 Å². The Hall–Kier alpha value is -2.57. The predicted molar refractivity (Wildman–Crippen MR) is 313 cm³/mol. The summed E-state index contributed by atoms with van der Waals surface area (Å²) in [5.74, 6) is -0.296. The van der Waals surface area contributed by atoms with Gasteiger partial charge < -0.3 is 65.1 Å². The second-order valence-corrected chi connectivity index (χ2v) is 21.8. The van der Waals surface area contributed by atoms with Crippen molar-refractivity contribution in [2.75, 3.05) is 19.8 Å². The van der Waals surface area contributed by atoms with Gasteiger partial charge in [-0.05, 0) is 57.8 Å². The molecule has 2 rings (SSSR count). The number of nitrogens with one attached hydrogen (secondary N) is 1. The number of unbranched alkanes of at least 4 members (excludes halogenated alkanes) is 26. The van der Waals surface area contributed by atoms with Crippen LogP contribution in [0.15, 0.2) is 72.9 Å². The van der Waals surface area contributed by atoms with Gasteiger partial charge in [-0.2, -0.15) is 0 Å². The third-order valence-corrected chi connectivity index (χ3v) is 14.9. The van der Waals surface area contributed by atoms with Crippen LogP contribution < -0.4 is 5.32 Å². The van der Waals surface area contributed by atoms with Gasteiger partial charge in [-0.25, -0.2) is 0 Å². The number of carbonyl (C=O) groups is 1. The van der Waals surface area contributed by atoms with Crippen LogP contribution in [-0.2, 0) is 23.7 Å². The standard InChI is InChI=1S/C64H113NO13/c1-3-5-7-9-11-13-15-17-19-21-22-23-24-25-26-27-28-29-30-32-33-35-37-39-41-43-45-47-53(68)52(65-56(69)48-46-44-42-40-38-36-34-31-20-18-16-14-12-10-8-6-4-2)51-75-63-61(74)59(72)62(55(50-67)77-63)78-64-60(73)58(71)57(70)54(49-66)76-64/h6,8,12,14,18,20,34,36,40,42,45,47,52-55,57-64,66-68,70-74H,3-5,7,9-11,13,15-17,19,21-33,35,37-39,41,43-44,46,48-51H2,1-2H3,(H,65,69)/b8-6-,14-12-,20-18-,36-34-,42-40-,47-45+. The van der Waals surface area contributed by atoms with E-state index in [1.54, 1.807) is 6.08 Å². The first-order valence-corrected chi connectivity index (χ1v) is 31.2. The van der Waals surface area contributed by atoms with E-state index in [1.807, 2.05) is 12.2 Å². The summed E-state index contributed by atoms with van der Waals surface area (Å²) in [6, 6.07) is -0.949. The van der Waals surface area contributed by atoms with Crippen molar-refractivity contribution >= 4 is 5.91 Å². The molecule has 0 aliphatic carbocycles. The third kappa shape index (κ3) is 34.0. The van der Waals surface area contributed by atoms with E-state index in [9.17, 15) is 45.6 Å². The van der Waals surface area contributed by atoms with E-state index in [4.69, 9.17) is 18.9 Å². The minimum absolute atomic E-state index is 0.200. The fourth-order valence-electron chi connectivity index (χ4n) is 9.92. The first kappa shape index (κ1) is 71.5. The molecule has 452 valence electrons. The first-order chi connectivity index (χ1) is 38.1. The van der Waals surface area contributed by atoms with Crippen LogP contribution in [-0.4, -0.2) is 140 Å². The van der Waals surface area contributed by atoms with Crippen molar-refractivity contribution in [3.8, 4) is 0 Å². The molecule has 0 saturated carbocycles. The van der Waals surface area contributed by atoms with E-state index in [-0.39, 0.29) is 18.9 Å². The summed E-state index contributed by atoms with van der Waals surface area (Å²) in [5, 5.41) is 87.1. The van der Waals surface area contributed by atoms with Crippen molar-refractivity contribution in [3.05, 3.63) is 72.9 Å². The number of hydrogen-bond acceptors (Lipinski definition) is 13. The summed E-state index contributed by atoms with van der Waals surface area (Å²) in [4.78, 5) is 13.2. The highest BCUT2D eigenvalue weighted by Crippen LogP contribution is 2.30. The molecule has 0 radical (unpaired) electrons. The molecule has 9 N–H and O–H groups in total. The number of hydrogen-bond donors (Lipinski definition) is 9. The van der Waals surface area contributed by atoms with Crippen molar-refractivity contribution in [2.24, 2.45) is 0 Å². The second kappa shape index (κ2) is 49.1. The summed E-state index contributed by atoms with van der Waals surface area (Å²) in [7, 11) is 0. The van der Waals surface area contributed by atoms with E-state index >= 15 is 0 Å². The van der Waals surface area contributed by atoms with Crippen LogP contribution in [0.1, 0.15) is 232 Å². The zero-order valence-corrected chi connectivity index (χ0v) is 48.6. The van der Waals surface area contributed by atoms with Crippen LogP contribution in [0.2, 0.25) is 0 Å². The molecule has 2 saturated heterocycles. The SMILES string of the molecule is CC/C=C\C/C=C\C/C=C\C/C=C\C/C=C\CCCC(=O)NC(COC1OC(CO)C(OC2OC(CO)C(O)C(O)C2O)C(O)C1O)C(O)/C=C/CCCCCCCCCCCCCCCCCCCCCCCCCCC. The molecule has 78 heavy (non-hydrogen) atoms. The van der Waals surface area contributed by atoms with Crippen molar-refractivity contribution in [3.63, 3.8) is 0 Å². The van der Waals surface area contributed by atoms with E-state index in [2.05, 4.69) is 73.8 Å². The molecular formula is C64H113NO13. The van der Waals surface area contributed by atoms with Crippen LogP contribution in [0.5, 0.6) is 0 Å². The lowest BCUT2D eigenvalue weighted by Crippen LogP contribution is -2.65. The quantitative estimate of drug-likeness (QED) is 0.0204. The smallest absolute Gasteiger partial charge is 0.220 e. The van der Waals surface area contributed by atoms with Gasteiger partial charge in [0.05, 0.1) is 32.0 Å². The largest absolute Gasteiger partial charge is 0.394 e. The molecule has 14 heteroatoms. The Balaban J connectivity index is 1.75. The van der Waals surface area contributed by atoms with Crippen LogP contribution in [0.3, 0.4) is 0 Å². The van der Waals surface area contributed by atoms with Gasteiger partial charge in [-0.3, -0.25) is 4.79 Å². The number of aliphatic hydroxyl groups is 8. The first-order valence-electron chi connectivity index (χ1n) is 31.2. The monoisotopic (exact) mass is 1100 g/mol. The highest BCUT2D eigenvalue weighted by atomic mass is 16.7. The fraction of sp³-hybridized carbons (Fsp3) is 0.797. The predicted octanol–water partition coefficient (Wildman–Crippen LogP) is 11.1. The lowest BCUT2D eigenvalue weighted by atomic mass is 9.97. The summed E-state index contributed by atoms with van der Waals surface area (Å²) in [5.41, 5.74) is 0. The van der Waals surface area contributed by atoms with Gasteiger partial charge in [0.15, 0.2) is 12.6 Å². The number of aliphatic hydroxyl groups excluding tert-OH is 8. The maximum atomic E-state index is 13.2.